The van der Waals surface area contributed by atoms with Gasteiger partial charge in [-0.2, -0.15) is 0 Å². The largest absolute Gasteiger partial charge is 0.392 e. The van der Waals surface area contributed by atoms with Crippen molar-refractivity contribution in [1.82, 2.24) is 9.55 Å². The number of imidazole rings is 1. The molecule has 1 aliphatic rings. The third-order valence-corrected chi connectivity index (χ3v) is 3.50. The predicted molar refractivity (Wildman–Crippen MR) is 64.8 cm³/mol. The van der Waals surface area contributed by atoms with Gasteiger partial charge in [0.05, 0.1) is 24.8 Å². The fourth-order valence-corrected chi connectivity index (χ4v) is 2.46. The topological polar surface area (TPSA) is 38.0 Å². The van der Waals surface area contributed by atoms with E-state index in [4.69, 9.17) is 0 Å². The third kappa shape index (κ3) is 2.53. The number of aromatic nitrogens is 2. The Balaban J connectivity index is 2.14. The first-order valence-electron chi connectivity index (χ1n) is 6.09. The molecule has 0 radical (unpaired) electrons. The molecule has 1 aromatic rings. The summed E-state index contributed by atoms with van der Waals surface area (Å²) in [6.07, 6.45) is 12.1. The number of aliphatic hydroxyl groups excluding tert-OH is 1. The maximum absolute atomic E-state index is 9.47. The van der Waals surface area contributed by atoms with Crippen molar-refractivity contribution in [3.63, 3.8) is 0 Å². The van der Waals surface area contributed by atoms with Crippen molar-refractivity contribution in [1.29, 1.82) is 0 Å². The van der Waals surface area contributed by atoms with Gasteiger partial charge in [-0.1, -0.05) is 19.3 Å². The van der Waals surface area contributed by atoms with E-state index >= 15 is 0 Å². The van der Waals surface area contributed by atoms with Crippen LogP contribution in [-0.2, 0) is 7.05 Å². The second kappa shape index (κ2) is 5.30. The first-order chi connectivity index (χ1) is 7.81. The molecular weight excluding hydrogens is 200 g/mol. The SMILES string of the molecule is Cn1cncc1C=C(CO)C1CCCCC1. The zero-order chi connectivity index (χ0) is 11.4. The molecule has 2 rings (SSSR count). The smallest absolute Gasteiger partial charge is 0.0948 e. The number of hydrogen-bond acceptors (Lipinski definition) is 2. The molecule has 0 bridgehead atoms. The Kier molecular flexibility index (Phi) is 3.78. The van der Waals surface area contributed by atoms with Crippen LogP contribution in [-0.4, -0.2) is 21.3 Å². The van der Waals surface area contributed by atoms with Gasteiger partial charge in [0.2, 0.25) is 0 Å². The van der Waals surface area contributed by atoms with E-state index in [2.05, 4.69) is 11.1 Å². The van der Waals surface area contributed by atoms with Gasteiger partial charge in [-0.05, 0) is 30.4 Å². The minimum Gasteiger partial charge on any atom is -0.392 e. The van der Waals surface area contributed by atoms with Gasteiger partial charge in [0.15, 0.2) is 0 Å². The van der Waals surface area contributed by atoms with Crippen LogP contribution in [0.4, 0.5) is 0 Å². The van der Waals surface area contributed by atoms with Gasteiger partial charge in [0.1, 0.15) is 0 Å². The molecule has 88 valence electrons. The Morgan fingerprint density at radius 3 is 2.81 bits per heavy atom. The quantitative estimate of drug-likeness (QED) is 0.849. The van der Waals surface area contributed by atoms with Crippen LogP contribution in [0.1, 0.15) is 37.8 Å². The Labute approximate surface area is 96.8 Å². The normalized spacial score (nSPS) is 19.0. The van der Waals surface area contributed by atoms with E-state index in [0.29, 0.717) is 5.92 Å². The zero-order valence-electron chi connectivity index (χ0n) is 9.89. The second-order valence-electron chi connectivity index (χ2n) is 4.64. The van der Waals surface area contributed by atoms with Crippen molar-refractivity contribution in [2.45, 2.75) is 32.1 Å². The molecule has 0 atom stereocenters. The van der Waals surface area contributed by atoms with Crippen LogP contribution in [0.15, 0.2) is 18.1 Å². The number of nitrogens with zero attached hydrogens (tertiary/aromatic N) is 2. The molecule has 1 fully saturated rings. The molecule has 16 heavy (non-hydrogen) atoms. The minimum absolute atomic E-state index is 0.176. The lowest BCUT2D eigenvalue weighted by Crippen LogP contribution is -2.12. The summed E-state index contributed by atoms with van der Waals surface area (Å²) in [4.78, 5) is 4.09. The van der Waals surface area contributed by atoms with Crippen LogP contribution in [0, 0.1) is 5.92 Å². The molecule has 1 aliphatic carbocycles. The van der Waals surface area contributed by atoms with Gasteiger partial charge in [-0.15, -0.1) is 0 Å². The van der Waals surface area contributed by atoms with Crippen LogP contribution >= 0.6 is 0 Å². The van der Waals surface area contributed by atoms with Crippen molar-refractivity contribution in [3.8, 4) is 0 Å². The van der Waals surface area contributed by atoms with Crippen molar-refractivity contribution >= 4 is 6.08 Å². The maximum atomic E-state index is 9.47. The Bertz CT molecular complexity index is 362. The second-order valence-corrected chi connectivity index (χ2v) is 4.64. The van der Waals surface area contributed by atoms with Crippen LogP contribution in [0.2, 0.25) is 0 Å². The molecule has 1 aromatic heterocycles. The molecular formula is C13H20N2O. The maximum Gasteiger partial charge on any atom is 0.0948 e. The minimum atomic E-state index is 0.176. The molecule has 0 unspecified atom stereocenters. The summed E-state index contributed by atoms with van der Waals surface area (Å²) in [5.41, 5.74) is 2.25. The predicted octanol–water partition coefficient (Wildman–Crippen LogP) is 2.38. The molecule has 1 heterocycles. The summed E-state index contributed by atoms with van der Waals surface area (Å²) in [7, 11) is 1.98. The van der Waals surface area contributed by atoms with E-state index < -0.39 is 0 Å². The standard InChI is InChI=1S/C13H20N2O/c1-15-10-14-8-13(15)7-12(9-16)11-5-3-2-4-6-11/h7-8,10-11,16H,2-6,9H2,1H3. The van der Waals surface area contributed by atoms with E-state index in [1.807, 2.05) is 17.8 Å². The molecule has 1 saturated carbocycles. The van der Waals surface area contributed by atoms with Crippen LogP contribution in [0.5, 0.6) is 0 Å². The Morgan fingerprint density at radius 1 is 1.50 bits per heavy atom. The third-order valence-electron chi connectivity index (χ3n) is 3.50. The highest BCUT2D eigenvalue weighted by Gasteiger charge is 2.17. The molecule has 0 aromatic carbocycles. The fourth-order valence-electron chi connectivity index (χ4n) is 2.46. The summed E-state index contributed by atoms with van der Waals surface area (Å²) in [5, 5.41) is 9.47. The van der Waals surface area contributed by atoms with Gasteiger partial charge < -0.3 is 9.67 Å². The van der Waals surface area contributed by atoms with E-state index in [0.717, 1.165) is 5.69 Å². The number of aryl methyl sites for hydroxylation is 1. The highest BCUT2D eigenvalue weighted by atomic mass is 16.3. The molecule has 0 spiro atoms. The summed E-state index contributed by atoms with van der Waals surface area (Å²) in [6, 6.07) is 0. The lowest BCUT2D eigenvalue weighted by Gasteiger charge is -2.23. The van der Waals surface area contributed by atoms with Crippen molar-refractivity contribution in [2.24, 2.45) is 13.0 Å². The van der Waals surface area contributed by atoms with Gasteiger partial charge in [-0.3, -0.25) is 0 Å². The number of rotatable bonds is 3. The Morgan fingerprint density at radius 2 is 2.25 bits per heavy atom. The van der Waals surface area contributed by atoms with Crippen molar-refractivity contribution < 1.29 is 5.11 Å². The highest BCUT2D eigenvalue weighted by molar-refractivity contribution is 5.49. The lowest BCUT2D eigenvalue weighted by atomic mass is 9.83. The average molecular weight is 220 g/mol. The molecule has 0 saturated heterocycles. The zero-order valence-corrected chi connectivity index (χ0v) is 9.89. The van der Waals surface area contributed by atoms with Crippen molar-refractivity contribution in [2.75, 3.05) is 6.61 Å². The van der Waals surface area contributed by atoms with E-state index in [1.54, 1.807) is 6.33 Å². The first-order valence-corrected chi connectivity index (χ1v) is 6.09. The van der Waals surface area contributed by atoms with Gasteiger partial charge in [0, 0.05) is 7.05 Å². The van der Waals surface area contributed by atoms with E-state index in [-0.39, 0.29) is 6.61 Å². The van der Waals surface area contributed by atoms with E-state index in [9.17, 15) is 5.11 Å². The number of hydrogen-bond donors (Lipinski definition) is 1. The lowest BCUT2D eigenvalue weighted by molar-refractivity contribution is 0.295. The van der Waals surface area contributed by atoms with Crippen LogP contribution in [0.25, 0.3) is 6.08 Å². The van der Waals surface area contributed by atoms with Gasteiger partial charge >= 0.3 is 0 Å². The highest BCUT2D eigenvalue weighted by Crippen LogP contribution is 2.30. The number of aliphatic hydroxyl groups is 1. The molecule has 0 aliphatic heterocycles. The van der Waals surface area contributed by atoms with Gasteiger partial charge in [-0.25, -0.2) is 4.98 Å². The summed E-state index contributed by atoms with van der Waals surface area (Å²) >= 11 is 0. The van der Waals surface area contributed by atoms with Crippen LogP contribution < -0.4 is 0 Å². The summed E-state index contributed by atoms with van der Waals surface area (Å²) < 4.78 is 1.98. The average Bonchev–Trinajstić information content (AvgIpc) is 2.73. The first kappa shape index (κ1) is 11.4. The Hall–Kier alpha value is -1.09. The molecule has 3 nitrogen and oxygen atoms in total. The molecule has 3 heteroatoms. The van der Waals surface area contributed by atoms with Crippen molar-refractivity contribution in [3.05, 3.63) is 23.8 Å². The fraction of sp³-hybridized carbons (Fsp3) is 0.615. The summed E-state index contributed by atoms with van der Waals surface area (Å²) in [6.45, 7) is 0.176. The van der Waals surface area contributed by atoms with E-state index in [1.165, 1.54) is 37.7 Å². The van der Waals surface area contributed by atoms with Crippen LogP contribution in [0.3, 0.4) is 0 Å². The molecule has 0 amide bonds. The van der Waals surface area contributed by atoms with Gasteiger partial charge in [0.25, 0.3) is 0 Å². The monoisotopic (exact) mass is 220 g/mol. The summed E-state index contributed by atoms with van der Waals surface area (Å²) in [5.74, 6) is 0.577. The molecule has 1 N–H and O–H groups in total.